The van der Waals surface area contributed by atoms with Crippen LogP contribution in [0.15, 0.2) is 255 Å². The van der Waals surface area contributed by atoms with E-state index in [2.05, 4.69) is 189 Å². The summed E-state index contributed by atoms with van der Waals surface area (Å²) in [7, 11) is 0. The highest BCUT2D eigenvalue weighted by atomic mass is 16.5. The number of ether oxygens (including phenoxy) is 4. The van der Waals surface area contributed by atoms with Crippen LogP contribution in [0.2, 0.25) is 0 Å². The van der Waals surface area contributed by atoms with Gasteiger partial charge in [0.25, 0.3) is 0 Å². The lowest BCUT2D eigenvalue weighted by atomic mass is 9.83. The maximum absolute atomic E-state index is 12.1. The Morgan fingerprint density at radius 1 is 0.255 bits per heavy atom. The molecule has 0 unspecified atom stereocenters. The molecule has 14 rings (SSSR count). The average Bonchev–Trinajstić information content (AvgIpc) is 1.58. The molecule has 0 fully saturated rings. The van der Waals surface area contributed by atoms with Crippen LogP contribution in [0.1, 0.15) is 128 Å². The molecule has 0 atom stereocenters. The molecule has 4 N–H and O–H groups in total. The third kappa shape index (κ3) is 14.2. The summed E-state index contributed by atoms with van der Waals surface area (Å²) in [6.45, 7) is 26.6. The predicted octanol–water partition coefficient (Wildman–Crippen LogP) is 23.2. The molecule has 0 spiro atoms. The molecule has 0 saturated heterocycles. The van der Waals surface area contributed by atoms with Crippen LogP contribution in [0.5, 0.6) is 46.0 Å². The van der Waals surface area contributed by atoms with Crippen molar-refractivity contribution in [2.45, 2.75) is 131 Å². The molecule has 0 amide bonds. The summed E-state index contributed by atoms with van der Waals surface area (Å²) in [6, 6.07) is 84.6. The molecule has 2 aromatic heterocycles. The van der Waals surface area contributed by atoms with Gasteiger partial charge in [0.15, 0.2) is 23.0 Å². The van der Waals surface area contributed by atoms with Crippen LogP contribution in [0.4, 0.5) is 0 Å². The fraction of sp³-hybridized carbons (Fsp3) is 0.217. The number of aromatic nitrogens is 2. The molecule has 12 aromatic carbocycles. The average molecular weight is 1350 g/mol. The van der Waals surface area contributed by atoms with Crippen molar-refractivity contribution in [3.63, 3.8) is 0 Å². The van der Waals surface area contributed by atoms with Crippen LogP contribution in [-0.4, -0.2) is 29.6 Å². The molecule has 14 aromatic rings. The highest BCUT2D eigenvalue weighted by molar-refractivity contribution is 6.10. The lowest BCUT2D eigenvalue weighted by Gasteiger charge is -2.24. The van der Waals surface area contributed by atoms with Gasteiger partial charge < -0.3 is 48.5 Å². The third-order valence-corrected chi connectivity index (χ3v) is 19.2. The van der Waals surface area contributed by atoms with Gasteiger partial charge in [-0.05, 0) is 152 Å². The van der Waals surface area contributed by atoms with Crippen LogP contribution < -0.4 is 18.9 Å². The number of para-hydroxylation sites is 8. The zero-order valence-electron chi connectivity index (χ0n) is 60.4. The van der Waals surface area contributed by atoms with E-state index in [1.54, 1.807) is 0 Å². The minimum Gasteiger partial charge on any atom is -0.507 e. The number of aromatic hydroxyl groups is 4. The van der Waals surface area contributed by atoms with Crippen molar-refractivity contribution < 1.29 is 39.4 Å². The minimum atomic E-state index is -0.196. The molecule has 0 aliphatic carbocycles. The Labute approximate surface area is 598 Å². The maximum Gasteiger partial charge on any atom is 0.161 e. The lowest BCUT2D eigenvalue weighted by molar-refractivity contribution is 0.251. The molecule has 102 heavy (non-hydrogen) atoms. The first-order chi connectivity index (χ1) is 48.8. The van der Waals surface area contributed by atoms with Crippen molar-refractivity contribution in [1.29, 1.82) is 0 Å². The van der Waals surface area contributed by atoms with Crippen LogP contribution in [0.25, 0.3) is 77.2 Å². The lowest BCUT2D eigenvalue weighted by Crippen LogP contribution is -2.14. The third-order valence-electron chi connectivity index (χ3n) is 19.2. The Kier molecular flexibility index (Phi) is 19.0. The van der Waals surface area contributed by atoms with E-state index in [1.807, 2.05) is 158 Å². The van der Waals surface area contributed by atoms with Gasteiger partial charge in [-0.15, -0.1) is 0 Å². The van der Waals surface area contributed by atoms with E-state index in [0.29, 0.717) is 56.6 Å². The molecule has 0 aliphatic heterocycles. The normalized spacial score (nSPS) is 12.0. The van der Waals surface area contributed by atoms with Crippen molar-refractivity contribution in [3.05, 3.63) is 299 Å². The van der Waals surface area contributed by atoms with E-state index in [9.17, 15) is 20.4 Å². The van der Waals surface area contributed by atoms with Crippen LogP contribution in [0, 0.1) is 0 Å². The fourth-order valence-corrected chi connectivity index (χ4v) is 13.3. The molecule has 0 saturated carbocycles. The van der Waals surface area contributed by atoms with Crippen LogP contribution >= 0.6 is 0 Å². The van der Waals surface area contributed by atoms with Gasteiger partial charge in [-0.25, -0.2) is 0 Å². The van der Waals surface area contributed by atoms with Crippen molar-refractivity contribution in [1.82, 2.24) is 9.13 Å². The maximum atomic E-state index is 12.1. The van der Waals surface area contributed by atoms with Crippen LogP contribution in [0.3, 0.4) is 0 Å². The van der Waals surface area contributed by atoms with Gasteiger partial charge in [0.1, 0.15) is 49.4 Å². The van der Waals surface area contributed by atoms with E-state index in [-0.39, 0.29) is 71.1 Å². The first kappa shape index (κ1) is 69.1. The number of rotatable bonds is 16. The minimum absolute atomic E-state index is 0.114. The fourth-order valence-electron chi connectivity index (χ4n) is 13.3. The van der Waals surface area contributed by atoms with E-state index in [0.717, 1.165) is 88.1 Å². The van der Waals surface area contributed by atoms with Gasteiger partial charge in [0.05, 0.1) is 33.4 Å². The molecule has 0 bridgehead atoms. The Hall–Kier alpha value is -11.4. The molecular weight excluding hydrogens is 1260 g/mol. The van der Waals surface area contributed by atoms with Gasteiger partial charge >= 0.3 is 0 Å². The van der Waals surface area contributed by atoms with E-state index < -0.39 is 0 Å². The second-order valence-corrected chi connectivity index (χ2v) is 30.6. The second-order valence-electron chi connectivity index (χ2n) is 30.6. The Morgan fingerprint density at radius 3 is 0.745 bits per heavy atom. The number of hydrogen-bond acceptors (Lipinski definition) is 8. The van der Waals surface area contributed by atoms with Crippen LogP contribution in [-0.2, 0) is 48.1 Å². The standard InChI is InChI=1S/C52H48N2O4.C40H42O4/c1-51(2,3)35-27-33(49(55)45(29-35)53-41-21-11-7-17-37(41)38-18-8-12-22-42(38)53)31-57-47-25-15-16-26-48(47)58-32-34-28-36(52(4,5)6)30-46(50(34)56)54-43-23-13-9-19-39(43)40-20-10-14-24-44(40)54;1-39(2,3)31-21-29(37(41)33(23-31)27-15-9-7-10-16-27)25-43-35-19-13-14-20-36(35)44-26-30-22-32(40(4,5)6)24-34(38(30)42)28-17-11-8-12-18-28/h7-30,55-56H,31-32H2,1-6H3;7-24,41-42H,25-26H2,1-6H3. The summed E-state index contributed by atoms with van der Waals surface area (Å²) in [4.78, 5) is 0. The Balaban J connectivity index is 0.000000190. The Morgan fingerprint density at radius 2 is 0.480 bits per heavy atom. The first-order valence-electron chi connectivity index (χ1n) is 35.0. The number of phenolic OH excluding ortho intramolecular Hbond substituents is 4. The Bertz CT molecular complexity index is 4940. The van der Waals surface area contributed by atoms with E-state index in [4.69, 9.17) is 18.9 Å². The first-order valence-corrected chi connectivity index (χ1v) is 35.0. The summed E-state index contributed by atoms with van der Waals surface area (Å²) >= 11 is 0. The number of hydrogen-bond donors (Lipinski definition) is 4. The molecule has 10 nitrogen and oxygen atoms in total. The number of fused-ring (bicyclic) bond motifs is 6. The van der Waals surface area contributed by atoms with Gasteiger partial charge in [0.2, 0.25) is 0 Å². The highest BCUT2D eigenvalue weighted by Gasteiger charge is 2.27. The second kappa shape index (κ2) is 28.0. The monoisotopic (exact) mass is 1350 g/mol. The highest BCUT2D eigenvalue weighted by Crippen LogP contribution is 2.45. The quantitative estimate of drug-likeness (QED) is 0.0753. The summed E-state index contributed by atoms with van der Waals surface area (Å²) in [5.41, 5.74) is 15.5. The molecule has 2 heterocycles. The zero-order chi connectivity index (χ0) is 71.8. The predicted molar refractivity (Wildman–Crippen MR) is 417 cm³/mol. The molecule has 516 valence electrons. The van der Waals surface area contributed by atoms with Gasteiger partial charge in [-0.1, -0.05) is 241 Å². The van der Waals surface area contributed by atoms with Gasteiger partial charge in [-0.2, -0.15) is 0 Å². The van der Waals surface area contributed by atoms with Crippen molar-refractivity contribution >= 4 is 43.6 Å². The summed E-state index contributed by atoms with van der Waals surface area (Å²) in [6.07, 6.45) is 0. The van der Waals surface area contributed by atoms with E-state index in [1.165, 1.54) is 0 Å². The van der Waals surface area contributed by atoms with Gasteiger partial charge in [-0.3, -0.25) is 0 Å². The molecule has 10 heteroatoms. The molecule has 0 aliphatic rings. The zero-order valence-corrected chi connectivity index (χ0v) is 60.4. The van der Waals surface area contributed by atoms with Crippen molar-refractivity contribution in [2.75, 3.05) is 0 Å². The summed E-state index contributed by atoms with van der Waals surface area (Å²) in [5, 5.41) is 51.3. The SMILES string of the molecule is CC(C)(C)c1cc(COc2ccccc2OCc2cc(C(C)(C)C)cc(-c3ccccc3)c2O)c(O)c(-c2ccccc2)c1.CC(C)(C)c1cc(COc2ccccc2OCc2cc(C(C)(C)C)cc(-n3c4ccccc4c4ccccc43)c2O)c(O)c(-n2c3ccccc3c3ccccc32)c1. The molecule has 0 radical (unpaired) electrons. The summed E-state index contributed by atoms with van der Waals surface area (Å²) < 4.78 is 30.0. The van der Waals surface area contributed by atoms with Crippen molar-refractivity contribution in [3.8, 4) is 79.6 Å². The molecular formula is C92H90N2O8. The summed E-state index contributed by atoms with van der Waals surface area (Å²) in [5.74, 6) is 2.94. The smallest absolute Gasteiger partial charge is 0.161 e. The number of nitrogens with zero attached hydrogens (tertiary/aromatic N) is 2. The van der Waals surface area contributed by atoms with Gasteiger partial charge in [0, 0.05) is 54.9 Å². The van der Waals surface area contributed by atoms with E-state index >= 15 is 0 Å². The number of phenols is 4. The topological polar surface area (TPSA) is 128 Å². The largest absolute Gasteiger partial charge is 0.507 e. The van der Waals surface area contributed by atoms with Crippen molar-refractivity contribution in [2.24, 2.45) is 0 Å². The number of benzene rings is 12.